The Morgan fingerprint density at radius 2 is 1.51 bits per heavy atom. The van der Waals surface area contributed by atoms with E-state index >= 15 is 0 Å². The number of hydrogen-bond donors (Lipinski definition) is 3. The molecule has 0 radical (unpaired) electrons. The quantitative estimate of drug-likeness (QED) is 0.168. The molecule has 1 saturated heterocycles. The average Bonchev–Trinajstić information content (AvgIpc) is 3.09. The van der Waals surface area contributed by atoms with Crippen LogP contribution >= 0.6 is 0 Å². The molecular weight excluding hydrogens is 614 g/mol. The predicted molar refractivity (Wildman–Crippen MR) is 185 cm³/mol. The number of carbonyl (C=O) groups is 1. The molecule has 0 unspecified atom stereocenters. The van der Waals surface area contributed by atoms with Gasteiger partial charge in [-0.2, -0.15) is 4.31 Å². The van der Waals surface area contributed by atoms with Gasteiger partial charge in [-0.1, -0.05) is 36.4 Å². The zero-order chi connectivity index (χ0) is 32.8. The smallest absolute Gasteiger partial charge is 0.255 e. The second kappa shape index (κ2) is 14.0. The van der Waals surface area contributed by atoms with Crippen molar-refractivity contribution >= 4 is 50.2 Å². The number of benzene rings is 4. The third-order valence-corrected chi connectivity index (χ3v) is 9.50. The van der Waals surface area contributed by atoms with Gasteiger partial charge in [0.2, 0.25) is 10.0 Å². The highest BCUT2D eigenvalue weighted by Gasteiger charge is 2.27. The minimum atomic E-state index is -3.73. The lowest BCUT2D eigenvalue weighted by molar-refractivity contribution is 0.0730. The Hall–Kier alpha value is -5.30. The molecule has 6 rings (SSSR count). The number of carbonyl (C=O) groups excluding carboxylic acids is 1. The number of morpholine rings is 1. The van der Waals surface area contributed by atoms with Crippen molar-refractivity contribution in [3.05, 3.63) is 115 Å². The van der Waals surface area contributed by atoms with Crippen LogP contribution in [0.1, 0.15) is 10.4 Å². The lowest BCUT2D eigenvalue weighted by atomic mass is 10.1. The molecular formula is C35H35N7O4S. The summed E-state index contributed by atoms with van der Waals surface area (Å²) in [6, 6.07) is 31.2. The monoisotopic (exact) mass is 649 g/mol. The van der Waals surface area contributed by atoms with Crippen LogP contribution in [0.5, 0.6) is 0 Å². The minimum absolute atomic E-state index is 0.0734. The summed E-state index contributed by atoms with van der Waals surface area (Å²) < 4.78 is 32.9. The number of para-hydroxylation sites is 1. The number of amides is 1. The molecule has 12 heteroatoms. The van der Waals surface area contributed by atoms with Crippen molar-refractivity contribution in [3.8, 4) is 11.3 Å². The van der Waals surface area contributed by atoms with Gasteiger partial charge in [0.15, 0.2) is 0 Å². The number of nitrogens with zero attached hydrogens (tertiary/aromatic N) is 4. The fourth-order valence-electron chi connectivity index (χ4n) is 5.17. The normalized spacial score (nSPS) is 13.5. The molecule has 4 aromatic carbocycles. The third-order valence-electron chi connectivity index (χ3n) is 7.61. The van der Waals surface area contributed by atoms with Gasteiger partial charge >= 0.3 is 0 Å². The van der Waals surface area contributed by atoms with E-state index in [0.29, 0.717) is 24.7 Å². The summed E-state index contributed by atoms with van der Waals surface area (Å²) in [6.45, 7) is 1.25. The first-order valence-corrected chi connectivity index (χ1v) is 16.5. The van der Waals surface area contributed by atoms with Crippen LogP contribution in [-0.4, -0.2) is 69.0 Å². The summed E-state index contributed by atoms with van der Waals surface area (Å²) in [7, 11) is 0.259. The number of anilines is 6. The molecule has 11 nitrogen and oxygen atoms in total. The summed E-state index contributed by atoms with van der Waals surface area (Å²) in [4.78, 5) is 24.3. The summed E-state index contributed by atoms with van der Waals surface area (Å²) >= 11 is 0. The first-order chi connectivity index (χ1) is 22.8. The zero-order valence-electron chi connectivity index (χ0n) is 26.1. The van der Waals surface area contributed by atoms with E-state index in [1.165, 1.54) is 22.8 Å². The van der Waals surface area contributed by atoms with Crippen molar-refractivity contribution in [2.75, 3.05) is 61.2 Å². The van der Waals surface area contributed by atoms with Crippen LogP contribution in [0.25, 0.3) is 11.3 Å². The van der Waals surface area contributed by atoms with Gasteiger partial charge in [0.05, 0.1) is 23.8 Å². The van der Waals surface area contributed by atoms with Crippen LogP contribution in [-0.2, 0) is 14.8 Å². The molecule has 1 amide bonds. The molecule has 0 saturated carbocycles. The van der Waals surface area contributed by atoms with Crippen LogP contribution in [0.3, 0.4) is 0 Å². The summed E-state index contributed by atoms with van der Waals surface area (Å²) in [5.41, 5.74) is 5.93. The Morgan fingerprint density at radius 1 is 0.787 bits per heavy atom. The van der Waals surface area contributed by atoms with Gasteiger partial charge in [-0.3, -0.25) is 4.79 Å². The first kappa shape index (κ1) is 31.7. The van der Waals surface area contributed by atoms with E-state index in [9.17, 15) is 13.2 Å². The maximum atomic E-state index is 13.2. The van der Waals surface area contributed by atoms with Gasteiger partial charge in [0.25, 0.3) is 5.91 Å². The number of sulfonamides is 1. The first-order valence-electron chi connectivity index (χ1n) is 15.1. The lowest BCUT2D eigenvalue weighted by Crippen LogP contribution is -2.40. The Morgan fingerprint density at radius 3 is 2.32 bits per heavy atom. The molecule has 1 fully saturated rings. The minimum Gasteiger partial charge on any atom is -0.379 e. The maximum Gasteiger partial charge on any atom is 0.255 e. The van der Waals surface area contributed by atoms with E-state index < -0.39 is 15.9 Å². The van der Waals surface area contributed by atoms with Gasteiger partial charge in [-0.25, -0.2) is 18.4 Å². The van der Waals surface area contributed by atoms with E-state index in [1.54, 1.807) is 18.2 Å². The van der Waals surface area contributed by atoms with Crippen LogP contribution in [0.15, 0.2) is 114 Å². The van der Waals surface area contributed by atoms with Gasteiger partial charge in [0, 0.05) is 72.8 Å². The Labute approximate surface area is 274 Å². The second-order valence-electron chi connectivity index (χ2n) is 11.1. The number of ether oxygens (including phenoxy) is 1. The van der Waals surface area contributed by atoms with Crippen molar-refractivity contribution < 1.29 is 17.9 Å². The van der Waals surface area contributed by atoms with Gasteiger partial charge in [-0.05, 0) is 60.7 Å². The summed E-state index contributed by atoms with van der Waals surface area (Å²) in [5, 5.41) is 9.70. The Kier molecular flexibility index (Phi) is 9.43. The topological polar surface area (TPSA) is 129 Å². The molecule has 47 heavy (non-hydrogen) atoms. The molecule has 0 spiro atoms. The lowest BCUT2D eigenvalue weighted by Gasteiger charge is -2.26. The Balaban J connectivity index is 1.17. The summed E-state index contributed by atoms with van der Waals surface area (Å²) in [6.07, 6.45) is 1.53. The van der Waals surface area contributed by atoms with E-state index in [0.717, 1.165) is 34.0 Å². The predicted octanol–water partition coefficient (Wildman–Crippen LogP) is 5.97. The fourth-order valence-corrected chi connectivity index (χ4v) is 6.62. The summed E-state index contributed by atoms with van der Waals surface area (Å²) in [5.74, 6) is 0.242. The van der Waals surface area contributed by atoms with Crippen LogP contribution in [0.2, 0.25) is 0 Å². The molecule has 1 aliphatic heterocycles. The van der Waals surface area contributed by atoms with Crippen molar-refractivity contribution in [2.45, 2.75) is 4.90 Å². The number of aromatic nitrogens is 2. The van der Waals surface area contributed by atoms with Crippen LogP contribution < -0.4 is 20.9 Å². The Bertz CT molecular complexity index is 2000. The van der Waals surface area contributed by atoms with E-state index in [-0.39, 0.29) is 23.5 Å². The number of nitrogens with one attached hydrogen (secondary N) is 3. The fraction of sp³-hybridized carbons (Fsp3) is 0.171. The number of rotatable bonds is 10. The highest BCUT2D eigenvalue weighted by Crippen LogP contribution is 2.31. The second-order valence-corrected chi connectivity index (χ2v) is 13.0. The molecule has 3 N–H and O–H groups in total. The van der Waals surface area contributed by atoms with Crippen LogP contribution in [0.4, 0.5) is 34.3 Å². The van der Waals surface area contributed by atoms with Gasteiger partial charge in [-0.15, -0.1) is 0 Å². The molecule has 1 aliphatic rings. The molecule has 0 bridgehead atoms. The van der Waals surface area contributed by atoms with Gasteiger partial charge in [0.1, 0.15) is 12.1 Å². The highest BCUT2D eigenvalue weighted by molar-refractivity contribution is 7.89. The molecule has 2 heterocycles. The van der Waals surface area contributed by atoms with Crippen molar-refractivity contribution in [3.63, 3.8) is 0 Å². The largest absolute Gasteiger partial charge is 0.379 e. The highest BCUT2D eigenvalue weighted by atomic mass is 32.2. The SMILES string of the molecule is CN(C)c1cccc(Nc2cc(-c3ccccc3Nc3cccc(NC(=O)c4cccc(S(=O)(=O)N5CCOCC5)c4)c3)ncn2)c1. The number of hydrogen-bond acceptors (Lipinski definition) is 9. The zero-order valence-corrected chi connectivity index (χ0v) is 26.9. The van der Waals surface area contributed by atoms with E-state index in [2.05, 4.69) is 25.9 Å². The molecule has 0 aliphatic carbocycles. The molecule has 5 aromatic rings. The van der Waals surface area contributed by atoms with Crippen LogP contribution in [0, 0.1) is 0 Å². The van der Waals surface area contributed by atoms with Gasteiger partial charge < -0.3 is 25.6 Å². The van der Waals surface area contributed by atoms with Crippen molar-refractivity contribution in [2.24, 2.45) is 0 Å². The molecule has 1 aromatic heterocycles. The van der Waals surface area contributed by atoms with E-state index in [1.807, 2.05) is 91.8 Å². The average molecular weight is 650 g/mol. The van der Waals surface area contributed by atoms with Crippen molar-refractivity contribution in [1.82, 2.24) is 14.3 Å². The molecule has 240 valence electrons. The van der Waals surface area contributed by atoms with E-state index in [4.69, 9.17) is 4.74 Å². The van der Waals surface area contributed by atoms with Crippen molar-refractivity contribution in [1.29, 1.82) is 0 Å². The standard InChI is InChI=1S/C35H35N7O4S/c1-41(2)29-12-7-11-28(22-29)39-34-23-33(36-24-37-34)31-14-3-4-15-32(31)38-26-9-6-10-27(21-26)40-35(43)25-8-5-13-30(20-25)47(44,45)42-16-18-46-19-17-42/h3-15,20-24,38H,16-19H2,1-2H3,(H,40,43)(H,36,37,39). The maximum absolute atomic E-state index is 13.2. The molecule has 0 atom stereocenters. The third kappa shape index (κ3) is 7.58.